The van der Waals surface area contributed by atoms with Crippen LogP contribution in [0.4, 0.5) is 5.82 Å². The van der Waals surface area contributed by atoms with E-state index in [0.29, 0.717) is 29.6 Å². The number of aliphatic carboxylic acids is 1. The van der Waals surface area contributed by atoms with Crippen molar-refractivity contribution in [3.05, 3.63) is 52.3 Å². The lowest BCUT2D eigenvalue weighted by Crippen LogP contribution is -2.39. The van der Waals surface area contributed by atoms with Gasteiger partial charge < -0.3 is 15.7 Å². The summed E-state index contributed by atoms with van der Waals surface area (Å²) in [5.41, 5.74) is 9.42. The Morgan fingerprint density at radius 3 is 2.82 bits per heavy atom. The van der Waals surface area contributed by atoms with E-state index in [9.17, 15) is 9.90 Å². The molecule has 8 heteroatoms. The van der Waals surface area contributed by atoms with Crippen molar-refractivity contribution in [3.8, 4) is 11.1 Å². The van der Waals surface area contributed by atoms with Gasteiger partial charge in [-0.15, -0.1) is 0 Å². The van der Waals surface area contributed by atoms with Gasteiger partial charge in [0.15, 0.2) is 0 Å². The molecule has 1 unspecified atom stereocenters. The number of fused-ring (bicyclic) bond motifs is 1. The second-order valence-corrected chi connectivity index (χ2v) is 7.85. The van der Waals surface area contributed by atoms with E-state index >= 15 is 0 Å². The number of benzene rings is 1. The molecule has 0 aliphatic carbocycles. The van der Waals surface area contributed by atoms with Gasteiger partial charge in [0.05, 0.1) is 12.1 Å². The molecule has 4 rings (SSSR count). The first kappa shape index (κ1) is 19.1. The maximum absolute atomic E-state index is 11.4. The SMILES string of the molecule is NCc1cc2ncc(N3CCCC(C(=O)O)C3)n2cc1-c1ccc(Cl)cc1Cl. The fraction of sp³-hybridized carbons (Fsp3) is 0.300. The van der Waals surface area contributed by atoms with E-state index in [0.717, 1.165) is 41.1 Å². The minimum Gasteiger partial charge on any atom is -0.481 e. The highest BCUT2D eigenvalue weighted by molar-refractivity contribution is 6.36. The summed E-state index contributed by atoms with van der Waals surface area (Å²) in [6.45, 7) is 1.61. The summed E-state index contributed by atoms with van der Waals surface area (Å²) in [5.74, 6) is -0.249. The molecule has 6 nitrogen and oxygen atoms in total. The van der Waals surface area contributed by atoms with Crippen molar-refractivity contribution in [3.63, 3.8) is 0 Å². The normalized spacial score (nSPS) is 17.2. The van der Waals surface area contributed by atoms with Crippen LogP contribution in [0.3, 0.4) is 0 Å². The molecule has 0 saturated carbocycles. The lowest BCUT2D eigenvalue weighted by molar-refractivity contribution is -0.141. The van der Waals surface area contributed by atoms with Crippen LogP contribution in [0.5, 0.6) is 0 Å². The summed E-state index contributed by atoms with van der Waals surface area (Å²) in [4.78, 5) is 18.0. The van der Waals surface area contributed by atoms with Crippen LogP contribution in [-0.4, -0.2) is 33.6 Å². The van der Waals surface area contributed by atoms with Crippen LogP contribution >= 0.6 is 23.2 Å². The van der Waals surface area contributed by atoms with E-state index in [4.69, 9.17) is 28.9 Å². The number of rotatable bonds is 4. The second-order valence-electron chi connectivity index (χ2n) is 7.01. The Morgan fingerprint density at radius 2 is 2.11 bits per heavy atom. The van der Waals surface area contributed by atoms with Crippen LogP contribution in [0, 0.1) is 5.92 Å². The molecule has 1 aliphatic heterocycles. The van der Waals surface area contributed by atoms with Gasteiger partial charge in [-0.2, -0.15) is 0 Å². The van der Waals surface area contributed by atoms with Crippen LogP contribution in [0.25, 0.3) is 16.8 Å². The number of pyridine rings is 1. The molecule has 3 heterocycles. The van der Waals surface area contributed by atoms with Crippen molar-refractivity contribution >= 4 is 40.6 Å². The van der Waals surface area contributed by atoms with Crippen LogP contribution in [-0.2, 0) is 11.3 Å². The number of hydrogen-bond donors (Lipinski definition) is 2. The highest BCUT2D eigenvalue weighted by Gasteiger charge is 2.27. The number of carboxylic acids is 1. The quantitative estimate of drug-likeness (QED) is 0.666. The van der Waals surface area contributed by atoms with Gasteiger partial charge in [-0.3, -0.25) is 9.20 Å². The van der Waals surface area contributed by atoms with Gasteiger partial charge in [0.25, 0.3) is 0 Å². The Bertz CT molecular complexity index is 1050. The van der Waals surface area contributed by atoms with E-state index in [-0.39, 0.29) is 5.92 Å². The van der Waals surface area contributed by atoms with Crippen LogP contribution in [0.2, 0.25) is 10.0 Å². The van der Waals surface area contributed by atoms with Gasteiger partial charge in [-0.05, 0) is 36.6 Å². The number of nitrogens with zero attached hydrogens (tertiary/aromatic N) is 3. The lowest BCUT2D eigenvalue weighted by Gasteiger charge is -2.31. The van der Waals surface area contributed by atoms with Gasteiger partial charge in [0.1, 0.15) is 11.5 Å². The molecule has 1 atom stereocenters. The number of nitrogens with two attached hydrogens (primary N) is 1. The lowest BCUT2D eigenvalue weighted by atomic mass is 9.98. The van der Waals surface area contributed by atoms with Gasteiger partial charge >= 0.3 is 5.97 Å². The number of carbonyl (C=O) groups is 1. The molecular formula is C20H20Cl2N4O2. The molecule has 1 fully saturated rings. The standard InChI is InChI=1S/C20H20Cl2N4O2/c21-14-3-4-15(17(22)7-14)16-11-26-18(6-13(16)8-23)24-9-19(26)25-5-1-2-12(10-25)20(27)28/h3-4,6-7,9,11-12H,1-2,5,8,10,23H2,(H,27,28). The maximum Gasteiger partial charge on any atom is 0.308 e. The van der Waals surface area contributed by atoms with Crippen LogP contribution < -0.4 is 10.6 Å². The Kier molecular flexibility index (Phi) is 5.19. The van der Waals surface area contributed by atoms with E-state index in [1.165, 1.54) is 0 Å². The van der Waals surface area contributed by atoms with Crippen molar-refractivity contribution in [1.82, 2.24) is 9.38 Å². The van der Waals surface area contributed by atoms with E-state index in [2.05, 4.69) is 9.88 Å². The number of aromatic nitrogens is 2. The molecule has 2 aromatic heterocycles. The number of piperidine rings is 1. The highest BCUT2D eigenvalue weighted by Crippen LogP contribution is 2.34. The molecule has 0 radical (unpaired) electrons. The fourth-order valence-electron chi connectivity index (χ4n) is 3.79. The first-order chi connectivity index (χ1) is 13.5. The molecule has 0 amide bonds. The zero-order valence-electron chi connectivity index (χ0n) is 15.1. The van der Waals surface area contributed by atoms with Crippen molar-refractivity contribution in [2.75, 3.05) is 18.0 Å². The molecule has 1 saturated heterocycles. The van der Waals surface area contributed by atoms with Crippen LogP contribution in [0.1, 0.15) is 18.4 Å². The van der Waals surface area contributed by atoms with Crippen molar-refractivity contribution in [2.24, 2.45) is 11.7 Å². The predicted octanol–water partition coefficient (Wildman–Crippen LogP) is 4.07. The molecule has 3 aromatic rings. The third-order valence-corrected chi connectivity index (χ3v) is 5.80. The summed E-state index contributed by atoms with van der Waals surface area (Å²) < 4.78 is 1.98. The maximum atomic E-state index is 11.4. The highest BCUT2D eigenvalue weighted by atomic mass is 35.5. The zero-order chi connectivity index (χ0) is 19.8. The topological polar surface area (TPSA) is 83.9 Å². The van der Waals surface area contributed by atoms with Crippen molar-refractivity contribution in [2.45, 2.75) is 19.4 Å². The molecule has 146 valence electrons. The minimum absolute atomic E-state index is 0.345. The first-order valence-corrected chi connectivity index (χ1v) is 9.86. The summed E-state index contributed by atoms with van der Waals surface area (Å²) in [6.07, 6.45) is 5.29. The molecule has 28 heavy (non-hydrogen) atoms. The number of hydrogen-bond acceptors (Lipinski definition) is 4. The second kappa shape index (κ2) is 7.62. The summed E-state index contributed by atoms with van der Waals surface area (Å²) in [6, 6.07) is 7.33. The third kappa shape index (κ3) is 3.43. The van der Waals surface area contributed by atoms with E-state index in [1.807, 2.05) is 22.7 Å². The smallest absolute Gasteiger partial charge is 0.308 e. The predicted molar refractivity (Wildman–Crippen MR) is 111 cm³/mol. The van der Waals surface area contributed by atoms with Gasteiger partial charge in [0.2, 0.25) is 0 Å². The molecule has 0 spiro atoms. The summed E-state index contributed by atoms with van der Waals surface area (Å²) >= 11 is 12.5. The fourth-order valence-corrected chi connectivity index (χ4v) is 4.30. The third-order valence-electron chi connectivity index (χ3n) is 5.25. The van der Waals surface area contributed by atoms with E-state index < -0.39 is 5.97 Å². The average molecular weight is 419 g/mol. The largest absolute Gasteiger partial charge is 0.481 e. The Balaban J connectivity index is 1.82. The van der Waals surface area contributed by atoms with Gasteiger partial charge in [0, 0.05) is 47.0 Å². The number of carboxylic acid groups (broad SMARTS) is 1. The zero-order valence-corrected chi connectivity index (χ0v) is 16.6. The molecular weight excluding hydrogens is 399 g/mol. The minimum atomic E-state index is -0.752. The Labute approximate surface area is 172 Å². The van der Waals surface area contributed by atoms with E-state index in [1.54, 1.807) is 18.3 Å². The van der Waals surface area contributed by atoms with Crippen LogP contribution in [0.15, 0.2) is 36.7 Å². The Hall–Kier alpha value is -2.28. The average Bonchev–Trinajstić information content (AvgIpc) is 3.10. The number of anilines is 1. The summed E-state index contributed by atoms with van der Waals surface area (Å²) in [7, 11) is 0. The monoisotopic (exact) mass is 418 g/mol. The molecule has 3 N–H and O–H groups in total. The number of imidazole rings is 1. The summed E-state index contributed by atoms with van der Waals surface area (Å²) in [5, 5.41) is 10.5. The first-order valence-electron chi connectivity index (χ1n) is 9.11. The molecule has 1 aromatic carbocycles. The Morgan fingerprint density at radius 1 is 1.29 bits per heavy atom. The molecule has 1 aliphatic rings. The van der Waals surface area contributed by atoms with Crippen molar-refractivity contribution in [1.29, 1.82) is 0 Å². The van der Waals surface area contributed by atoms with Crippen molar-refractivity contribution < 1.29 is 9.90 Å². The van der Waals surface area contributed by atoms with Gasteiger partial charge in [-0.25, -0.2) is 4.98 Å². The number of halogens is 2. The molecule has 0 bridgehead atoms. The van der Waals surface area contributed by atoms with Gasteiger partial charge in [-0.1, -0.05) is 29.3 Å².